The first-order valence-corrected chi connectivity index (χ1v) is 8.16. The van der Waals surface area contributed by atoms with Crippen LogP contribution in [0.1, 0.15) is 51.5 Å². The Morgan fingerprint density at radius 1 is 1.40 bits per heavy atom. The maximum atomic E-state index is 5.80. The summed E-state index contributed by atoms with van der Waals surface area (Å²) in [6, 6.07) is 4.70. The molecule has 20 heavy (non-hydrogen) atoms. The average molecular weight is 275 g/mol. The van der Waals surface area contributed by atoms with E-state index in [-0.39, 0.29) is 0 Å². The van der Waals surface area contributed by atoms with Crippen LogP contribution < -0.4 is 11.1 Å². The van der Waals surface area contributed by atoms with Gasteiger partial charge in [-0.25, -0.2) is 4.98 Å². The molecule has 2 rings (SSSR count). The molecule has 0 amide bonds. The second-order valence-corrected chi connectivity index (χ2v) is 6.16. The highest BCUT2D eigenvalue weighted by atomic mass is 14.9. The van der Waals surface area contributed by atoms with E-state index in [0.29, 0.717) is 11.9 Å². The summed E-state index contributed by atoms with van der Waals surface area (Å²) in [5.74, 6) is 2.37. The van der Waals surface area contributed by atoms with Gasteiger partial charge in [0.05, 0.1) is 0 Å². The van der Waals surface area contributed by atoms with Crippen molar-refractivity contribution in [1.29, 1.82) is 0 Å². The van der Waals surface area contributed by atoms with E-state index < -0.39 is 0 Å². The molecule has 0 bridgehead atoms. The van der Waals surface area contributed by atoms with Gasteiger partial charge in [0.2, 0.25) is 0 Å². The minimum atomic E-state index is 0.580. The molecule has 1 saturated carbocycles. The van der Waals surface area contributed by atoms with E-state index in [1.165, 1.54) is 37.7 Å². The number of nitrogen functional groups attached to an aromatic ring is 1. The van der Waals surface area contributed by atoms with Crippen LogP contribution in [-0.4, -0.2) is 17.6 Å². The van der Waals surface area contributed by atoms with Crippen molar-refractivity contribution < 1.29 is 0 Å². The van der Waals surface area contributed by atoms with Crippen molar-refractivity contribution in [2.45, 2.75) is 58.4 Å². The van der Waals surface area contributed by atoms with E-state index in [9.17, 15) is 0 Å². The van der Waals surface area contributed by atoms with Crippen LogP contribution in [0.2, 0.25) is 0 Å². The van der Waals surface area contributed by atoms with Crippen LogP contribution in [0.5, 0.6) is 0 Å². The zero-order chi connectivity index (χ0) is 14.4. The summed E-state index contributed by atoms with van der Waals surface area (Å²) in [7, 11) is 0. The number of rotatable bonds is 6. The number of hydrogen-bond acceptors (Lipinski definition) is 3. The molecule has 0 saturated heterocycles. The molecule has 0 spiro atoms. The number of hydrogen-bond donors (Lipinski definition) is 2. The molecule has 1 aliphatic carbocycles. The lowest BCUT2D eigenvalue weighted by atomic mass is 9.75. The summed E-state index contributed by atoms with van der Waals surface area (Å²) < 4.78 is 0. The van der Waals surface area contributed by atoms with Gasteiger partial charge in [-0.2, -0.15) is 0 Å². The van der Waals surface area contributed by atoms with Crippen molar-refractivity contribution >= 4 is 5.82 Å². The van der Waals surface area contributed by atoms with Crippen LogP contribution >= 0.6 is 0 Å². The van der Waals surface area contributed by atoms with Crippen molar-refractivity contribution in [3.05, 3.63) is 23.9 Å². The molecule has 3 nitrogen and oxygen atoms in total. The van der Waals surface area contributed by atoms with Crippen LogP contribution in [0.15, 0.2) is 18.3 Å². The Morgan fingerprint density at radius 3 is 2.95 bits per heavy atom. The minimum absolute atomic E-state index is 0.580. The molecule has 112 valence electrons. The van der Waals surface area contributed by atoms with Gasteiger partial charge in [0.1, 0.15) is 5.82 Å². The molecular formula is C17H29N3. The molecule has 1 fully saturated rings. The second-order valence-electron chi connectivity index (χ2n) is 6.16. The zero-order valence-electron chi connectivity index (χ0n) is 12.9. The number of aromatic nitrogens is 1. The topological polar surface area (TPSA) is 50.9 Å². The lowest BCUT2D eigenvalue weighted by Gasteiger charge is -2.35. The van der Waals surface area contributed by atoms with E-state index in [0.717, 1.165) is 24.8 Å². The Morgan fingerprint density at radius 2 is 2.25 bits per heavy atom. The summed E-state index contributed by atoms with van der Waals surface area (Å²) in [5, 5.41) is 3.70. The quantitative estimate of drug-likeness (QED) is 0.836. The van der Waals surface area contributed by atoms with Gasteiger partial charge in [0, 0.05) is 12.2 Å². The van der Waals surface area contributed by atoms with Crippen molar-refractivity contribution in [2.75, 3.05) is 12.3 Å². The second kappa shape index (κ2) is 7.63. The highest BCUT2D eigenvalue weighted by Gasteiger charge is 2.27. The van der Waals surface area contributed by atoms with E-state index in [1.54, 1.807) is 0 Å². The summed E-state index contributed by atoms with van der Waals surface area (Å²) >= 11 is 0. The van der Waals surface area contributed by atoms with Gasteiger partial charge in [-0.05, 0) is 55.3 Å². The summed E-state index contributed by atoms with van der Waals surface area (Å²) in [6.45, 7) is 5.57. The zero-order valence-corrected chi connectivity index (χ0v) is 12.9. The fourth-order valence-corrected chi connectivity index (χ4v) is 3.61. The monoisotopic (exact) mass is 275 g/mol. The van der Waals surface area contributed by atoms with E-state index in [2.05, 4.69) is 30.2 Å². The molecule has 3 atom stereocenters. The Hall–Kier alpha value is -1.09. The maximum Gasteiger partial charge on any atom is 0.123 e. The van der Waals surface area contributed by atoms with Crippen LogP contribution in [0.25, 0.3) is 0 Å². The average Bonchev–Trinajstić information content (AvgIpc) is 2.47. The number of nitrogens with zero attached hydrogens (tertiary/aromatic N) is 1. The standard InChI is InChI=1S/C17H29N3/c1-3-13-6-5-7-15(10-13)16(19-4-2)11-14-8-9-20-17(18)12-14/h8-9,12-13,15-16,19H,3-7,10-11H2,1-2H3,(H2,18,20). The number of pyridine rings is 1. The maximum absolute atomic E-state index is 5.80. The predicted octanol–water partition coefficient (Wildman–Crippen LogP) is 3.40. The number of nitrogens with one attached hydrogen (secondary N) is 1. The molecule has 0 radical (unpaired) electrons. The van der Waals surface area contributed by atoms with Crippen molar-refractivity contribution in [2.24, 2.45) is 11.8 Å². The third-order valence-corrected chi connectivity index (χ3v) is 4.74. The smallest absolute Gasteiger partial charge is 0.123 e. The normalized spacial score (nSPS) is 24.5. The van der Waals surface area contributed by atoms with E-state index >= 15 is 0 Å². The fourth-order valence-electron chi connectivity index (χ4n) is 3.61. The largest absolute Gasteiger partial charge is 0.384 e. The van der Waals surface area contributed by atoms with Gasteiger partial charge in [-0.3, -0.25) is 0 Å². The lowest BCUT2D eigenvalue weighted by molar-refractivity contribution is 0.208. The van der Waals surface area contributed by atoms with Gasteiger partial charge >= 0.3 is 0 Å². The molecule has 3 N–H and O–H groups in total. The molecule has 1 aliphatic rings. The Bertz CT molecular complexity index is 405. The molecule has 1 aromatic rings. The molecule has 1 heterocycles. The fraction of sp³-hybridized carbons (Fsp3) is 0.706. The first-order valence-electron chi connectivity index (χ1n) is 8.16. The summed E-state index contributed by atoms with van der Waals surface area (Å²) in [4.78, 5) is 4.09. The van der Waals surface area contributed by atoms with Crippen LogP contribution in [-0.2, 0) is 6.42 Å². The molecule has 0 aliphatic heterocycles. The third-order valence-electron chi connectivity index (χ3n) is 4.74. The highest BCUT2D eigenvalue weighted by Crippen LogP contribution is 2.33. The van der Waals surface area contributed by atoms with Crippen LogP contribution in [0, 0.1) is 11.8 Å². The highest BCUT2D eigenvalue weighted by molar-refractivity contribution is 5.32. The van der Waals surface area contributed by atoms with Gasteiger partial charge < -0.3 is 11.1 Å². The predicted molar refractivity (Wildman–Crippen MR) is 85.6 cm³/mol. The summed E-state index contributed by atoms with van der Waals surface area (Å²) in [6.07, 6.45) is 9.80. The lowest BCUT2D eigenvalue weighted by Crippen LogP contribution is -2.40. The SMILES string of the molecule is CCNC(Cc1ccnc(N)c1)C1CCCC(CC)C1. The van der Waals surface area contributed by atoms with Crippen molar-refractivity contribution in [3.8, 4) is 0 Å². The molecule has 3 unspecified atom stereocenters. The molecular weight excluding hydrogens is 246 g/mol. The molecule has 0 aromatic carbocycles. The third kappa shape index (κ3) is 4.20. The number of nitrogens with two attached hydrogens (primary N) is 1. The van der Waals surface area contributed by atoms with Crippen molar-refractivity contribution in [3.63, 3.8) is 0 Å². The van der Waals surface area contributed by atoms with Crippen molar-refractivity contribution in [1.82, 2.24) is 10.3 Å². The van der Waals surface area contributed by atoms with Gasteiger partial charge in [0.25, 0.3) is 0 Å². The molecule has 3 heteroatoms. The van der Waals surface area contributed by atoms with E-state index in [1.807, 2.05) is 12.3 Å². The van der Waals surface area contributed by atoms with E-state index in [4.69, 9.17) is 5.73 Å². The first-order chi connectivity index (χ1) is 9.72. The van der Waals surface area contributed by atoms with Crippen LogP contribution in [0.4, 0.5) is 5.82 Å². The Labute approximate surface area is 123 Å². The van der Waals surface area contributed by atoms with Gasteiger partial charge in [-0.1, -0.05) is 33.1 Å². The van der Waals surface area contributed by atoms with Gasteiger partial charge in [0.15, 0.2) is 0 Å². The number of likely N-dealkylation sites (N-methyl/N-ethyl adjacent to an activating group) is 1. The van der Waals surface area contributed by atoms with Crippen LogP contribution in [0.3, 0.4) is 0 Å². The Balaban J connectivity index is 2.02. The minimum Gasteiger partial charge on any atom is -0.384 e. The van der Waals surface area contributed by atoms with Gasteiger partial charge in [-0.15, -0.1) is 0 Å². The first kappa shape index (κ1) is 15.3. The molecule has 1 aromatic heterocycles. The summed E-state index contributed by atoms with van der Waals surface area (Å²) in [5.41, 5.74) is 7.11. The number of anilines is 1. The Kier molecular flexibility index (Phi) is 5.84.